The third-order valence-corrected chi connectivity index (χ3v) is 3.58. The van der Waals surface area contributed by atoms with Crippen LogP contribution in [0.25, 0.3) is 0 Å². The van der Waals surface area contributed by atoms with Crippen LogP contribution in [0.2, 0.25) is 10.0 Å². The van der Waals surface area contributed by atoms with Crippen molar-refractivity contribution >= 4 is 23.2 Å². The van der Waals surface area contributed by atoms with Crippen molar-refractivity contribution in [2.45, 2.75) is 19.4 Å². The summed E-state index contributed by atoms with van der Waals surface area (Å²) < 4.78 is 1.68. The second-order valence-electron chi connectivity index (χ2n) is 4.26. The maximum absolute atomic E-state index is 10.2. The lowest BCUT2D eigenvalue weighted by Gasteiger charge is -2.12. The molecule has 2 aromatic rings. The van der Waals surface area contributed by atoms with Crippen LogP contribution in [0.15, 0.2) is 24.4 Å². The number of halogens is 2. The minimum absolute atomic E-state index is 0.380. The molecule has 1 aromatic heterocycles. The van der Waals surface area contributed by atoms with Crippen molar-refractivity contribution in [3.8, 4) is 0 Å². The first kappa shape index (κ1) is 13.4. The largest absolute Gasteiger partial charge is 0.388 e. The van der Waals surface area contributed by atoms with Gasteiger partial charge in [0.1, 0.15) is 0 Å². The molecule has 1 N–H and O–H groups in total. The van der Waals surface area contributed by atoms with Gasteiger partial charge in [-0.25, -0.2) is 0 Å². The second-order valence-corrected chi connectivity index (χ2v) is 5.08. The number of hydrogen-bond donors (Lipinski definition) is 1. The van der Waals surface area contributed by atoms with Gasteiger partial charge in [0.2, 0.25) is 0 Å². The molecule has 18 heavy (non-hydrogen) atoms. The van der Waals surface area contributed by atoms with Crippen molar-refractivity contribution in [3.63, 3.8) is 0 Å². The molecule has 0 fully saturated rings. The molecule has 1 heterocycles. The van der Waals surface area contributed by atoms with E-state index in [4.69, 9.17) is 23.2 Å². The maximum atomic E-state index is 10.2. The normalized spacial score (nSPS) is 12.7. The van der Waals surface area contributed by atoms with Gasteiger partial charge in [-0.05, 0) is 24.6 Å². The Hall–Kier alpha value is -1.03. The molecule has 0 bridgehead atoms. The van der Waals surface area contributed by atoms with Gasteiger partial charge in [-0.2, -0.15) is 5.10 Å². The molecule has 0 aliphatic carbocycles. The minimum atomic E-state index is -0.656. The molecule has 0 spiro atoms. The number of aromatic nitrogens is 2. The van der Waals surface area contributed by atoms with Crippen LogP contribution in [0.3, 0.4) is 0 Å². The van der Waals surface area contributed by atoms with Crippen LogP contribution in [-0.2, 0) is 13.5 Å². The molecule has 5 heteroatoms. The Balaban J connectivity index is 2.26. The van der Waals surface area contributed by atoms with Gasteiger partial charge in [0.05, 0.1) is 11.8 Å². The molecule has 0 aliphatic rings. The first-order chi connectivity index (χ1) is 8.49. The molecule has 0 amide bonds. The summed E-state index contributed by atoms with van der Waals surface area (Å²) in [5.74, 6) is 0. The van der Waals surface area contributed by atoms with Crippen molar-refractivity contribution in [3.05, 3.63) is 51.3 Å². The summed E-state index contributed by atoms with van der Waals surface area (Å²) in [4.78, 5) is 0. The molecule has 1 aromatic carbocycles. The van der Waals surface area contributed by atoms with Gasteiger partial charge in [0, 0.05) is 35.3 Å². The summed E-state index contributed by atoms with van der Waals surface area (Å²) in [6, 6.07) is 5.33. The highest BCUT2D eigenvalue weighted by Crippen LogP contribution is 2.29. The summed E-state index contributed by atoms with van der Waals surface area (Å²) >= 11 is 12.2. The van der Waals surface area contributed by atoms with E-state index in [1.807, 2.05) is 20.2 Å². The number of aliphatic hydroxyl groups excluding tert-OH is 1. The van der Waals surface area contributed by atoms with E-state index in [2.05, 4.69) is 5.10 Å². The summed E-state index contributed by atoms with van der Waals surface area (Å²) in [5.41, 5.74) is 2.37. The Morgan fingerprint density at radius 3 is 2.44 bits per heavy atom. The highest BCUT2D eigenvalue weighted by molar-refractivity contribution is 6.35. The zero-order valence-electron chi connectivity index (χ0n) is 10.2. The molecule has 2 rings (SSSR count). The van der Waals surface area contributed by atoms with Crippen LogP contribution in [0, 0.1) is 6.92 Å². The van der Waals surface area contributed by atoms with Crippen molar-refractivity contribution in [2.75, 3.05) is 0 Å². The Labute approximate surface area is 116 Å². The molecular weight excluding hydrogens is 271 g/mol. The van der Waals surface area contributed by atoms with Crippen molar-refractivity contribution in [1.82, 2.24) is 9.78 Å². The Morgan fingerprint density at radius 2 is 1.94 bits per heavy atom. The summed E-state index contributed by atoms with van der Waals surface area (Å²) in [7, 11) is 1.83. The first-order valence-electron chi connectivity index (χ1n) is 5.60. The zero-order valence-corrected chi connectivity index (χ0v) is 11.7. The average Bonchev–Trinajstić information content (AvgIpc) is 2.63. The topological polar surface area (TPSA) is 38.0 Å². The molecule has 0 aliphatic heterocycles. The van der Waals surface area contributed by atoms with E-state index in [1.54, 1.807) is 22.9 Å². The average molecular weight is 285 g/mol. The van der Waals surface area contributed by atoms with Crippen LogP contribution in [0.1, 0.15) is 22.9 Å². The molecule has 1 atom stereocenters. The second kappa shape index (κ2) is 5.31. The summed E-state index contributed by atoms with van der Waals surface area (Å²) in [6.45, 7) is 1.87. The van der Waals surface area contributed by atoms with E-state index < -0.39 is 6.10 Å². The zero-order chi connectivity index (χ0) is 13.3. The fraction of sp³-hybridized carbons (Fsp3) is 0.308. The number of hydrogen-bond acceptors (Lipinski definition) is 2. The molecule has 96 valence electrons. The number of benzene rings is 1. The number of nitrogens with zero attached hydrogens (tertiary/aromatic N) is 2. The monoisotopic (exact) mass is 284 g/mol. The van der Waals surface area contributed by atoms with Crippen LogP contribution in [0.5, 0.6) is 0 Å². The van der Waals surface area contributed by atoms with Gasteiger partial charge >= 0.3 is 0 Å². The third-order valence-electron chi connectivity index (χ3n) is 2.87. The maximum Gasteiger partial charge on any atom is 0.0864 e. The predicted molar refractivity (Wildman–Crippen MR) is 73.1 cm³/mol. The van der Waals surface area contributed by atoms with Gasteiger partial charge in [-0.3, -0.25) is 4.68 Å². The lowest BCUT2D eigenvalue weighted by Crippen LogP contribution is -2.03. The standard InChI is InChI=1S/C13H14Cl2N2O/c1-8-10(7-17(2)16-8)13(18)6-9-11(14)4-3-5-12(9)15/h3-5,7,13,18H,6H2,1-2H3. The minimum Gasteiger partial charge on any atom is -0.388 e. The fourth-order valence-electron chi connectivity index (χ4n) is 1.98. The molecule has 0 saturated heterocycles. The number of aryl methyl sites for hydroxylation is 2. The smallest absolute Gasteiger partial charge is 0.0864 e. The van der Waals surface area contributed by atoms with Gasteiger partial charge in [0.25, 0.3) is 0 Å². The third kappa shape index (κ3) is 2.69. The molecule has 0 radical (unpaired) electrons. The van der Waals surface area contributed by atoms with Crippen molar-refractivity contribution in [2.24, 2.45) is 7.05 Å². The van der Waals surface area contributed by atoms with E-state index in [0.29, 0.717) is 16.5 Å². The van der Waals surface area contributed by atoms with Crippen LogP contribution >= 0.6 is 23.2 Å². The highest BCUT2D eigenvalue weighted by atomic mass is 35.5. The number of aliphatic hydroxyl groups is 1. The quantitative estimate of drug-likeness (QED) is 0.939. The molecule has 1 unspecified atom stereocenters. The lowest BCUT2D eigenvalue weighted by atomic mass is 10.0. The molecule has 0 saturated carbocycles. The van der Waals surface area contributed by atoms with Gasteiger partial charge in [-0.15, -0.1) is 0 Å². The van der Waals surface area contributed by atoms with E-state index in [-0.39, 0.29) is 0 Å². The Kier molecular flexibility index (Phi) is 3.95. The molecule has 3 nitrogen and oxygen atoms in total. The predicted octanol–water partition coefficient (Wildman–Crippen LogP) is 3.31. The van der Waals surface area contributed by atoms with Gasteiger partial charge in [-0.1, -0.05) is 29.3 Å². The van der Waals surface area contributed by atoms with E-state index in [1.165, 1.54) is 0 Å². The van der Waals surface area contributed by atoms with Crippen molar-refractivity contribution in [1.29, 1.82) is 0 Å². The summed E-state index contributed by atoms with van der Waals surface area (Å²) in [5, 5.41) is 15.6. The first-order valence-corrected chi connectivity index (χ1v) is 6.35. The Morgan fingerprint density at radius 1 is 1.33 bits per heavy atom. The molecular formula is C13H14Cl2N2O. The summed E-state index contributed by atoms with van der Waals surface area (Å²) in [6.07, 6.45) is 1.53. The van der Waals surface area contributed by atoms with E-state index in [9.17, 15) is 5.11 Å². The SMILES string of the molecule is Cc1nn(C)cc1C(O)Cc1c(Cl)cccc1Cl. The highest BCUT2D eigenvalue weighted by Gasteiger charge is 2.17. The van der Waals surface area contributed by atoms with E-state index >= 15 is 0 Å². The van der Waals surface area contributed by atoms with E-state index in [0.717, 1.165) is 16.8 Å². The van der Waals surface area contributed by atoms with Crippen LogP contribution in [0.4, 0.5) is 0 Å². The fourth-order valence-corrected chi connectivity index (χ4v) is 2.53. The lowest BCUT2D eigenvalue weighted by molar-refractivity contribution is 0.177. The Bertz CT molecular complexity index is 546. The van der Waals surface area contributed by atoms with Gasteiger partial charge < -0.3 is 5.11 Å². The van der Waals surface area contributed by atoms with Crippen LogP contribution in [-0.4, -0.2) is 14.9 Å². The van der Waals surface area contributed by atoms with Crippen LogP contribution < -0.4 is 0 Å². The number of rotatable bonds is 3. The van der Waals surface area contributed by atoms with Gasteiger partial charge in [0.15, 0.2) is 0 Å². The van der Waals surface area contributed by atoms with Crippen molar-refractivity contribution < 1.29 is 5.11 Å².